The Morgan fingerprint density at radius 2 is 1.94 bits per heavy atom. The van der Waals surface area contributed by atoms with Crippen LogP contribution in [0.3, 0.4) is 0 Å². The zero-order chi connectivity index (χ0) is 11.6. The zero-order valence-electron chi connectivity index (χ0n) is 9.34. The standard InChI is InChI=1S/C10H19NO4S/c12-8-9-2-1-5-11(9)16(13,14)10-3-6-15-7-4-10/h9-10,12H,1-8H2/t9-/m0/s1. The molecule has 2 saturated heterocycles. The summed E-state index contributed by atoms with van der Waals surface area (Å²) in [4.78, 5) is 0. The lowest BCUT2D eigenvalue weighted by Crippen LogP contribution is -2.44. The molecule has 2 aliphatic rings. The van der Waals surface area contributed by atoms with Gasteiger partial charge in [-0.05, 0) is 25.7 Å². The van der Waals surface area contributed by atoms with Crippen LogP contribution in [0.15, 0.2) is 0 Å². The Morgan fingerprint density at radius 1 is 1.25 bits per heavy atom. The van der Waals surface area contributed by atoms with Gasteiger partial charge in [-0.3, -0.25) is 0 Å². The van der Waals surface area contributed by atoms with E-state index in [0.717, 1.165) is 12.8 Å². The number of sulfonamides is 1. The second-order valence-corrected chi connectivity index (χ2v) is 6.61. The summed E-state index contributed by atoms with van der Waals surface area (Å²) in [5.41, 5.74) is 0. The summed E-state index contributed by atoms with van der Waals surface area (Å²) in [6.07, 6.45) is 2.79. The minimum absolute atomic E-state index is 0.0670. The first-order chi connectivity index (χ1) is 7.66. The number of ether oxygens (including phenoxy) is 1. The lowest BCUT2D eigenvalue weighted by atomic mass is 10.2. The molecule has 1 N–H and O–H groups in total. The van der Waals surface area contributed by atoms with Crippen LogP contribution in [0.25, 0.3) is 0 Å². The summed E-state index contributed by atoms with van der Waals surface area (Å²) >= 11 is 0. The topological polar surface area (TPSA) is 66.8 Å². The second kappa shape index (κ2) is 5.00. The Bertz CT molecular complexity index is 324. The van der Waals surface area contributed by atoms with Crippen molar-refractivity contribution in [3.05, 3.63) is 0 Å². The first-order valence-electron chi connectivity index (χ1n) is 5.85. The van der Waals surface area contributed by atoms with E-state index < -0.39 is 10.0 Å². The second-order valence-electron chi connectivity index (χ2n) is 4.45. The molecule has 2 aliphatic heterocycles. The molecule has 0 saturated carbocycles. The van der Waals surface area contributed by atoms with Crippen LogP contribution in [-0.2, 0) is 14.8 Å². The Hall–Kier alpha value is -0.170. The van der Waals surface area contributed by atoms with Crippen LogP contribution < -0.4 is 0 Å². The Morgan fingerprint density at radius 3 is 2.56 bits per heavy atom. The third kappa shape index (κ3) is 2.25. The predicted molar refractivity (Wildman–Crippen MR) is 59.6 cm³/mol. The van der Waals surface area contributed by atoms with Crippen LogP contribution in [-0.4, -0.2) is 55.5 Å². The molecule has 2 heterocycles. The van der Waals surface area contributed by atoms with Crippen LogP contribution in [0.5, 0.6) is 0 Å². The number of nitrogens with zero attached hydrogens (tertiary/aromatic N) is 1. The summed E-state index contributed by atoms with van der Waals surface area (Å²) in [5.74, 6) is 0. The molecule has 16 heavy (non-hydrogen) atoms. The average Bonchev–Trinajstić information content (AvgIpc) is 2.79. The molecule has 0 aliphatic carbocycles. The summed E-state index contributed by atoms with van der Waals surface area (Å²) in [6, 6.07) is -0.201. The van der Waals surface area contributed by atoms with E-state index in [1.54, 1.807) is 0 Å². The van der Waals surface area contributed by atoms with Gasteiger partial charge in [-0.2, -0.15) is 4.31 Å². The molecule has 0 radical (unpaired) electrons. The molecule has 0 bridgehead atoms. The third-order valence-electron chi connectivity index (χ3n) is 3.45. The predicted octanol–water partition coefficient (Wildman–Crippen LogP) is -0.0481. The molecule has 0 spiro atoms. The van der Waals surface area contributed by atoms with Gasteiger partial charge in [0.25, 0.3) is 0 Å². The van der Waals surface area contributed by atoms with Crippen molar-refractivity contribution < 1.29 is 18.3 Å². The van der Waals surface area contributed by atoms with Gasteiger partial charge in [-0.1, -0.05) is 0 Å². The molecule has 0 aromatic rings. The fourth-order valence-corrected chi connectivity index (χ4v) is 4.63. The van der Waals surface area contributed by atoms with Crippen molar-refractivity contribution in [2.45, 2.75) is 37.0 Å². The summed E-state index contributed by atoms with van der Waals surface area (Å²) in [5, 5.41) is 8.86. The van der Waals surface area contributed by atoms with Crippen LogP contribution in [0.1, 0.15) is 25.7 Å². The number of aliphatic hydroxyl groups is 1. The number of aliphatic hydroxyl groups excluding tert-OH is 1. The molecular weight excluding hydrogens is 230 g/mol. The zero-order valence-corrected chi connectivity index (χ0v) is 10.2. The summed E-state index contributed by atoms with van der Waals surface area (Å²) in [7, 11) is -3.23. The quantitative estimate of drug-likeness (QED) is 0.761. The Balaban J connectivity index is 2.11. The number of hydrogen-bond donors (Lipinski definition) is 1. The summed E-state index contributed by atoms with van der Waals surface area (Å²) in [6.45, 7) is 1.55. The van der Waals surface area contributed by atoms with E-state index in [9.17, 15) is 8.42 Å². The van der Waals surface area contributed by atoms with Gasteiger partial charge in [-0.15, -0.1) is 0 Å². The van der Waals surface area contributed by atoms with Crippen molar-refractivity contribution in [1.82, 2.24) is 4.31 Å². The van der Waals surface area contributed by atoms with E-state index in [1.807, 2.05) is 0 Å². The largest absolute Gasteiger partial charge is 0.395 e. The fourth-order valence-electron chi connectivity index (χ4n) is 2.49. The minimum atomic E-state index is -3.23. The smallest absolute Gasteiger partial charge is 0.217 e. The normalized spacial score (nSPS) is 29.7. The highest BCUT2D eigenvalue weighted by Crippen LogP contribution is 2.27. The summed E-state index contributed by atoms with van der Waals surface area (Å²) < 4.78 is 31.3. The van der Waals surface area contributed by atoms with Crippen molar-refractivity contribution in [3.63, 3.8) is 0 Å². The molecular formula is C10H19NO4S. The van der Waals surface area contributed by atoms with Gasteiger partial charge in [-0.25, -0.2) is 8.42 Å². The molecule has 5 nitrogen and oxygen atoms in total. The SMILES string of the molecule is O=S(=O)(C1CCOCC1)N1CCC[C@H]1CO. The van der Waals surface area contributed by atoms with Gasteiger partial charge in [0.1, 0.15) is 0 Å². The molecule has 1 atom stereocenters. The van der Waals surface area contributed by atoms with Crippen molar-refractivity contribution >= 4 is 10.0 Å². The van der Waals surface area contributed by atoms with E-state index in [4.69, 9.17) is 9.84 Å². The maximum atomic E-state index is 12.3. The van der Waals surface area contributed by atoms with Crippen molar-refractivity contribution in [3.8, 4) is 0 Å². The van der Waals surface area contributed by atoms with Gasteiger partial charge in [0.05, 0.1) is 11.9 Å². The first-order valence-corrected chi connectivity index (χ1v) is 7.36. The lowest BCUT2D eigenvalue weighted by Gasteiger charge is -2.29. The fraction of sp³-hybridized carbons (Fsp3) is 1.00. The highest BCUT2D eigenvalue weighted by Gasteiger charge is 2.39. The number of rotatable bonds is 3. The Kier molecular flexibility index (Phi) is 3.84. The van der Waals surface area contributed by atoms with Crippen LogP contribution in [0, 0.1) is 0 Å². The monoisotopic (exact) mass is 249 g/mol. The molecule has 0 amide bonds. The lowest BCUT2D eigenvalue weighted by molar-refractivity contribution is 0.0966. The highest BCUT2D eigenvalue weighted by molar-refractivity contribution is 7.89. The van der Waals surface area contributed by atoms with Gasteiger partial charge >= 0.3 is 0 Å². The maximum absolute atomic E-state index is 12.3. The van der Waals surface area contributed by atoms with Crippen LogP contribution in [0.2, 0.25) is 0 Å². The van der Waals surface area contributed by atoms with Gasteiger partial charge < -0.3 is 9.84 Å². The van der Waals surface area contributed by atoms with Gasteiger partial charge in [0, 0.05) is 25.8 Å². The highest BCUT2D eigenvalue weighted by atomic mass is 32.2. The van der Waals surface area contributed by atoms with Crippen molar-refractivity contribution in [2.75, 3.05) is 26.4 Å². The third-order valence-corrected chi connectivity index (χ3v) is 5.90. The minimum Gasteiger partial charge on any atom is -0.395 e. The first kappa shape index (κ1) is 12.3. The number of hydrogen-bond acceptors (Lipinski definition) is 4. The molecule has 2 fully saturated rings. The maximum Gasteiger partial charge on any atom is 0.217 e. The van der Waals surface area contributed by atoms with E-state index >= 15 is 0 Å². The molecule has 0 aromatic heterocycles. The average molecular weight is 249 g/mol. The van der Waals surface area contributed by atoms with E-state index in [1.165, 1.54) is 4.31 Å². The molecule has 0 unspecified atom stereocenters. The van der Waals surface area contributed by atoms with Gasteiger partial charge in [0.15, 0.2) is 0 Å². The molecule has 2 rings (SSSR count). The van der Waals surface area contributed by atoms with Gasteiger partial charge in [0.2, 0.25) is 10.0 Å². The van der Waals surface area contributed by atoms with E-state index in [2.05, 4.69) is 0 Å². The van der Waals surface area contributed by atoms with E-state index in [0.29, 0.717) is 32.6 Å². The molecule has 94 valence electrons. The van der Waals surface area contributed by atoms with E-state index in [-0.39, 0.29) is 17.9 Å². The Labute approximate surface area is 96.4 Å². The molecule has 0 aromatic carbocycles. The van der Waals surface area contributed by atoms with Crippen molar-refractivity contribution in [1.29, 1.82) is 0 Å². The van der Waals surface area contributed by atoms with Crippen molar-refractivity contribution in [2.24, 2.45) is 0 Å². The van der Waals surface area contributed by atoms with Crippen LogP contribution >= 0.6 is 0 Å². The molecule has 6 heteroatoms. The van der Waals surface area contributed by atoms with Crippen LogP contribution in [0.4, 0.5) is 0 Å².